The molecule has 0 aromatic heterocycles. The summed E-state index contributed by atoms with van der Waals surface area (Å²) >= 11 is 0. The lowest BCUT2D eigenvalue weighted by Gasteiger charge is -2.29. The largest absolute Gasteiger partial charge is 0.491 e. The Balaban J connectivity index is 1.10. The van der Waals surface area contributed by atoms with Crippen LogP contribution in [0.25, 0.3) is 0 Å². The zero-order valence-electron chi connectivity index (χ0n) is 24.1. The fourth-order valence-electron chi connectivity index (χ4n) is 3.70. The number of carbonyl (C=O) groups is 4. The van der Waals surface area contributed by atoms with Gasteiger partial charge in [-0.3, -0.25) is 0 Å². The molecule has 228 valence electrons. The van der Waals surface area contributed by atoms with Gasteiger partial charge >= 0.3 is 23.9 Å². The van der Waals surface area contributed by atoms with Crippen molar-refractivity contribution in [3.8, 4) is 11.5 Å². The van der Waals surface area contributed by atoms with Crippen molar-refractivity contribution in [1.82, 2.24) is 0 Å². The number of hydrogen-bond acceptors (Lipinski definition) is 13. The van der Waals surface area contributed by atoms with E-state index < -0.39 is 35.5 Å². The Kier molecular flexibility index (Phi) is 9.56. The van der Waals surface area contributed by atoms with E-state index in [1.807, 2.05) is 0 Å². The van der Waals surface area contributed by atoms with Crippen LogP contribution in [0.3, 0.4) is 0 Å². The molecule has 2 fully saturated rings. The van der Waals surface area contributed by atoms with Crippen molar-refractivity contribution in [2.24, 2.45) is 0 Å². The molecule has 0 saturated carbocycles. The second-order valence-electron chi connectivity index (χ2n) is 10.1. The van der Waals surface area contributed by atoms with E-state index in [2.05, 4.69) is 10.6 Å². The molecule has 2 aliphatic rings. The molecular weight excluding hydrogens is 564 g/mol. The summed E-state index contributed by atoms with van der Waals surface area (Å²) in [5, 5.41) is 5.73. The average molecular weight is 597 g/mol. The second-order valence-corrected chi connectivity index (χ2v) is 10.1. The van der Waals surface area contributed by atoms with E-state index >= 15 is 0 Å². The molecule has 0 bridgehead atoms. The van der Waals surface area contributed by atoms with Crippen LogP contribution in [0.5, 0.6) is 11.5 Å². The molecule has 0 atom stereocenters. The lowest BCUT2D eigenvalue weighted by atomic mass is 10.2. The van der Waals surface area contributed by atoms with Crippen LogP contribution in [0, 0.1) is 0 Å². The topological polar surface area (TPSA) is 157 Å². The molecule has 2 saturated heterocycles. The Morgan fingerprint density at radius 3 is 1.21 bits per heavy atom. The van der Waals surface area contributed by atoms with Crippen LogP contribution in [0.2, 0.25) is 0 Å². The number of esters is 4. The SMILES string of the molecule is CC1(C)OC(=O)C(=CNc2ccc(OCCOCCOc3ccc(NC=C4C(=O)OC(C)(C)OC4=O)cc3)cc2)C(=O)O1. The van der Waals surface area contributed by atoms with Crippen LogP contribution < -0.4 is 20.1 Å². The molecule has 2 aromatic rings. The molecule has 13 nitrogen and oxygen atoms in total. The van der Waals surface area contributed by atoms with Crippen LogP contribution in [0.1, 0.15) is 27.7 Å². The van der Waals surface area contributed by atoms with Crippen LogP contribution in [0.15, 0.2) is 72.1 Å². The Morgan fingerprint density at radius 2 is 0.884 bits per heavy atom. The molecule has 0 aliphatic carbocycles. The number of rotatable bonds is 12. The van der Waals surface area contributed by atoms with E-state index in [1.165, 1.54) is 40.1 Å². The van der Waals surface area contributed by atoms with E-state index in [0.29, 0.717) is 49.3 Å². The second kappa shape index (κ2) is 13.3. The summed E-state index contributed by atoms with van der Waals surface area (Å²) in [5.41, 5.74) is 0.793. The van der Waals surface area contributed by atoms with Gasteiger partial charge < -0.3 is 43.8 Å². The minimum atomic E-state index is -1.29. The van der Waals surface area contributed by atoms with Gasteiger partial charge in [-0.25, -0.2) is 19.2 Å². The molecule has 43 heavy (non-hydrogen) atoms. The molecule has 0 radical (unpaired) electrons. The van der Waals surface area contributed by atoms with Gasteiger partial charge in [0.15, 0.2) is 11.1 Å². The van der Waals surface area contributed by atoms with E-state index in [1.54, 1.807) is 48.5 Å². The lowest BCUT2D eigenvalue weighted by Crippen LogP contribution is -2.42. The van der Waals surface area contributed by atoms with E-state index in [9.17, 15) is 19.2 Å². The summed E-state index contributed by atoms with van der Waals surface area (Å²) in [6.07, 6.45) is 2.48. The Bertz CT molecular complexity index is 1260. The van der Waals surface area contributed by atoms with Gasteiger partial charge in [0, 0.05) is 51.5 Å². The molecule has 2 aromatic carbocycles. The highest BCUT2D eigenvalue weighted by atomic mass is 16.7. The summed E-state index contributed by atoms with van der Waals surface area (Å²) in [6, 6.07) is 13.8. The van der Waals surface area contributed by atoms with Gasteiger partial charge in [-0.15, -0.1) is 0 Å². The highest BCUT2D eigenvalue weighted by Crippen LogP contribution is 2.24. The number of hydrogen-bond donors (Lipinski definition) is 2. The molecule has 0 spiro atoms. The minimum Gasteiger partial charge on any atom is -0.491 e. The van der Waals surface area contributed by atoms with Crippen LogP contribution in [-0.2, 0) is 42.9 Å². The summed E-state index contributed by atoms with van der Waals surface area (Å²) in [4.78, 5) is 48.0. The number of ether oxygens (including phenoxy) is 7. The Hall–Kier alpha value is -5.04. The molecule has 2 aliphatic heterocycles. The van der Waals surface area contributed by atoms with E-state index in [4.69, 9.17) is 33.2 Å². The molecule has 13 heteroatoms. The van der Waals surface area contributed by atoms with E-state index in [0.717, 1.165) is 0 Å². The Morgan fingerprint density at radius 1 is 0.558 bits per heavy atom. The summed E-state index contributed by atoms with van der Waals surface area (Å²) < 4.78 is 37.0. The van der Waals surface area contributed by atoms with Gasteiger partial charge in [0.05, 0.1) is 13.2 Å². The van der Waals surface area contributed by atoms with Gasteiger partial charge in [0.1, 0.15) is 24.7 Å². The van der Waals surface area contributed by atoms with Gasteiger partial charge in [-0.2, -0.15) is 0 Å². The van der Waals surface area contributed by atoms with Gasteiger partial charge in [-0.05, 0) is 48.5 Å². The van der Waals surface area contributed by atoms with Crippen molar-refractivity contribution < 1.29 is 52.3 Å². The number of carbonyl (C=O) groups excluding carboxylic acids is 4. The maximum absolute atomic E-state index is 12.0. The van der Waals surface area contributed by atoms with Crippen molar-refractivity contribution in [3.63, 3.8) is 0 Å². The van der Waals surface area contributed by atoms with Crippen molar-refractivity contribution >= 4 is 35.3 Å². The maximum Gasteiger partial charge on any atom is 0.350 e. The minimum absolute atomic E-state index is 0.230. The molecule has 0 unspecified atom stereocenters. The first kappa shape index (κ1) is 30.9. The third kappa shape index (κ3) is 8.97. The van der Waals surface area contributed by atoms with Crippen LogP contribution >= 0.6 is 0 Å². The standard InChI is InChI=1S/C30H32N2O11/c1-29(2)40-25(33)23(26(34)41-29)17-31-19-5-9-21(10-6-19)38-15-13-37-14-16-39-22-11-7-20(8-12-22)32-18-24-27(35)42-30(3,4)43-28(24)36/h5-12,17-18,31-32H,13-16H2,1-4H3. The molecule has 0 amide bonds. The normalized spacial score (nSPS) is 17.1. The first-order valence-corrected chi connectivity index (χ1v) is 13.3. The highest BCUT2D eigenvalue weighted by molar-refractivity contribution is 6.16. The van der Waals surface area contributed by atoms with Crippen molar-refractivity contribution in [3.05, 3.63) is 72.1 Å². The first-order valence-electron chi connectivity index (χ1n) is 13.3. The summed E-state index contributed by atoms with van der Waals surface area (Å²) in [6.45, 7) is 7.24. The van der Waals surface area contributed by atoms with E-state index in [-0.39, 0.29) is 11.1 Å². The van der Waals surface area contributed by atoms with Crippen molar-refractivity contribution in [1.29, 1.82) is 0 Å². The average Bonchev–Trinajstić information content (AvgIpc) is 2.92. The third-order valence-corrected chi connectivity index (χ3v) is 5.70. The third-order valence-electron chi connectivity index (χ3n) is 5.70. The molecular formula is C30H32N2O11. The summed E-state index contributed by atoms with van der Waals surface area (Å²) in [7, 11) is 0. The van der Waals surface area contributed by atoms with Gasteiger partial charge in [0.2, 0.25) is 0 Å². The van der Waals surface area contributed by atoms with Crippen LogP contribution in [0.4, 0.5) is 11.4 Å². The number of nitrogens with one attached hydrogen (secondary N) is 2. The highest BCUT2D eigenvalue weighted by Gasteiger charge is 2.39. The Labute approximate surface area is 247 Å². The predicted octanol–water partition coefficient (Wildman–Crippen LogP) is 3.42. The monoisotopic (exact) mass is 596 g/mol. The van der Waals surface area contributed by atoms with Gasteiger partial charge in [-0.1, -0.05) is 0 Å². The predicted molar refractivity (Wildman–Crippen MR) is 151 cm³/mol. The molecule has 4 rings (SSSR count). The zero-order valence-corrected chi connectivity index (χ0v) is 24.1. The first-order chi connectivity index (χ1) is 20.4. The van der Waals surface area contributed by atoms with Gasteiger partial charge in [0.25, 0.3) is 11.6 Å². The zero-order chi connectivity index (χ0) is 31.0. The van der Waals surface area contributed by atoms with Crippen molar-refractivity contribution in [2.45, 2.75) is 39.3 Å². The number of benzene rings is 2. The molecule has 2 heterocycles. The maximum atomic E-state index is 12.0. The number of anilines is 2. The van der Waals surface area contributed by atoms with Crippen LogP contribution in [-0.4, -0.2) is 61.9 Å². The molecule has 2 N–H and O–H groups in total. The quantitative estimate of drug-likeness (QED) is 0.159. The van der Waals surface area contributed by atoms with Crippen molar-refractivity contribution in [2.75, 3.05) is 37.1 Å². The summed E-state index contributed by atoms with van der Waals surface area (Å²) in [5.74, 6) is -4.40. The number of cyclic esters (lactones) is 4. The lowest BCUT2D eigenvalue weighted by molar-refractivity contribution is -0.224. The fourth-order valence-corrected chi connectivity index (χ4v) is 3.70. The fraction of sp³-hybridized carbons (Fsp3) is 0.333. The smallest absolute Gasteiger partial charge is 0.350 e.